The minimum Gasteiger partial charge on any atom is -0.254 e. The van der Waals surface area contributed by atoms with Gasteiger partial charge in [-0.1, -0.05) is 41.9 Å². The van der Waals surface area contributed by atoms with Gasteiger partial charge < -0.3 is 0 Å². The highest BCUT2D eigenvalue weighted by atomic mass is 35.5. The second-order valence-corrected chi connectivity index (χ2v) is 10.3. The van der Waals surface area contributed by atoms with Crippen LogP contribution in [0.25, 0.3) is 11.3 Å². The van der Waals surface area contributed by atoms with E-state index in [1.54, 1.807) is 24.3 Å². The second kappa shape index (κ2) is 8.87. The first-order valence-electron chi connectivity index (χ1n) is 10.1. The number of halogens is 6. The standard InChI is InChI=1S/C23H17ClF5N3O2S/c1-35(33,34)15-11-9-14(10-12-15)17-6-4-7-18(30-17)20-13-21(22(25,26)23(27,28)29)31-32(20)19-8-3-2-5-16(19)24/h2-12,20H,13H2,1H3. The summed E-state index contributed by atoms with van der Waals surface area (Å²) in [5.74, 6) is -5.14. The van der Waals surface area contributed by atoms with Crippen molar-refractivity contribution in [3.05, 3.63) is 77.4 Å². The van der Waals surface area contributed by atoms with E-state index in [4.69, 9.17) is 11.6 Å². The van der Waals surface area contributed by atoms with Crippen LogP contribution in [0.4, 0.5) is 27.6 Å². The van der Waals surface area contributed by atoms with E-state index in [0.717, 1.165) is 11.3 Å². The zero-order valence-electron chi connectivity index (χ0n) is 18.0. The van der Waals surface area contributed by atoms with Crippen LogP contribution in [0.5, 0.6) is 0 Å². The number of alkyl halides is 5. The first-order valence-corrected chi connectivity index (χ1v) is 12.4. The first-order chi connectivity index (χ1) is 16.3. The lowest BCUT2D eigenvalue weighted by Gasteiger charge is -2.24. The van der Waals surface area contributed by atoms with Crippen LogP contribution in [-0.4, -0.2) is 37.5 Å². The van der Waals surface area contributed by atoms with Gasteiger partial charge in [0.05, 0.1) is 27.0 Å². The smallest absolute Gasteiger partial charge is 0.254 e. The Balaban J connectivity index is 1.76. The molecule has 1 aliphatic heterocycles. The van der Waals surface area contributed by atoms with Crippen LogP contribution in [-0.2, 0) is 9.84 Å². The van der Waals surface area contributed by atoms with Gasteiger partial charge in [-0.3, -0.25) is 9.99 Å². The minimum absolute atomic E-state index is 0.102. The Bertz CT molecular complexity index is 1390. The van der Waals surface area contributed by atoms with Crippen molar-refractivity contribution < 1.29 is 30.4 Å². The van der Waals surface area contributed by atoms with E-state index in [1.807, 2.05) is 0 Å². The Morgan fingerprint density at radius 3 is 2.20 bits per heavy atom. The molecule has 0 radical (unpaired) electrons. The number of aromatic nitrogens is 1. The highest BCUT2D eigenvalue weighted by Gasteiger charge is 2.63. The summed E-state index contributed by atoms with van der Waals surface area (Å²) in [4.78, 5) is 4.57. The number of nitrogens with zero attached hydrogens (tertiary/aromatic N) is 3. The topological polar surface area (TPSA) is 62.6 Å². The fourth-order valence-electron chi connectivity index (χ4n) is 3.62. The van der Waals surface area contributed by atoms with Gasteiger partial charge in [0, 0.05) is 18.2 Å². The molecule has 1 aromatic heterocycles. The molecule has 0 saturated carbocycles. The van der Waals surface area contributed by atoms with E-state index < -0.39 is 40.1 Å². The lowest BCUT2D eigenvalue weighted by Crippen LogP contribution is -2.43. The van der Waals surface area contributed by atoms with E-state index in [0.29, 0.717) is 11.3 Å². The summed E-state index contributed by atoms with van der Waals surface area (Å²) in [5.41, 5.74) is -0.108. The molecular formula is C23H17ClF5N3O2S. The molecule has 1 unspecified atom stereocenters. The molecule has 2 aromatic carbocycles. The van der Waals surface area contributed by atoms with Crippen LogP contribution >= 0.6 is 11.6 Å². The van der Waals surface area contributed by atoms with Gasteiger partial charge in [0.15, 0.2) is 9.84 Å². The van der Waals surface area contributed by atoms with Gasteiger partial charge in [0.2, 0.25) is 0 Å². The van der Waals surface area contributed by atoms with E-state index in [2.05, 4.69) is 10.1 Å². The molecule has 0 N–H and O–H groups in total. The SMILES string of the molecule is CS(=O)(=O)c1ccc(-c2cccc(C3CC(C(F)(F)C(F)(F)F)=NN3c3ccccc3Cl)n2)cc1. The van der Waals surface area contributed by atoms with Gasteiger partial charge in [0.25, 0.3) is 0 Å². The molecule has 0 bridgehead atoms. The molecule has 4 rings (SSSR count). The molecule has 5 nitrogen and oxygen atoms in total. The van der Waals surface area contributed by atoms with Crippen LogP contribution in [0, 0.1) is 0 Å². The number of pyridine rings is 1. The molecule has 12 heteroatoms. The summed E-state index contributed by atoms with van der Waals surface area (Å²) in [7, 11) is -3.41. The van der Waals surface area contributed by atoms with Crippen LogP contribution in [0.3, 0.4) is 0 Å². The number of anilines is 1. The zero-order valence-corrected chi connectivity index (χ0v) is 19.5. The summed E-state index contributed by atoms with van der Waals surface area (Å²) in [5, 5.41) is 4.79. The van der Waals surface area contributed by atoms with Crippen molar-refractivity contribution >= 4 is 32.8 Å². The highest BCUT2D eigenvalue weighted by molar-refractivity contribution is 7.90. The molecule has 3 aromatic rings. The number of rotatable bonds is 5. The molecule has 0 spiro atoms. The van der Waals surface area contributed by atoms with Crippen molar-refractivity contribution in [3.8, 4) is 11.3 Å². The average Bonchev–Trinajstić information content (AvgIpc) is 3.24. The van der Waals surface area contributed by atoms with Crippen LogP contribution in [0.2, 0.25) is 5.02 Å². The van der Waals surface area contributed by atoms with E-state index in [1.165, 1.54) is 42.5 Å². The molecule has 0 amide bonds. The average molecular weight is 530 g/mol. The molecule has 0 saturated heterocycles. The van der Waals surface area contributed by atoms with E-state index in [-0.39, 0.29) is 21.3 Å². The maximum Gasteiger partial charge on any atom is 0.459 e. The predicted octanol–water partition coefficient (Wildman–Crippen LogP) is 6.31. The van der Waals surface area contributed by atoms with E-state index in [9.17, 15) is 30.4 Å². The lowest BCUT2D eigenvalue weighted by molar-refractivity contribution is -0.249. The number of hydrogen-bond acceptors (Lipinski definition) is 5. The Kier molecular flexibility index (Phi) is 6.35. The number of para-hydroxylation sites is 1. The second-order valence-electron chi connectivity index (χ2n) is 7.88. The molecule has 2 heterocycles. The van der Waals surface area contributed by atoms with Crippen molar-refractivity contribution in [2.75, 3.05) is 11.3 Å². The van der Waals surface area contributed by atoms with Gasteiger partial charge >= 0.3 is 12.1 Å². The van der Waals surface area contributed by atoms with Crippen LogP contribution in [0.1, 0.15) is 18.2 Å². The Hall–Kier alpha value is -3.05. The third-order valence-electron chi connectivity index (χ3n) is 5.42. The molecule has 184 valence electrons. The summed E-state index contributed by atoms with van der Waals surface area (Å²) in [6, 6.07) is 15.5. The highest BCUT2D eigenvalue weighted by Crippen LogP contribution is 2.45. The van der Waals surface area contributed by atoms with Crippen LogP contribution in [0.15, 0.2) is 76.7 Å². The summed E-state index contributed by atoms with van der Waals surface area (Å²) in [6.45, 7) is 0. The third-order valence-corrected chi connectivity index (χ3v) is 6.87. The van der Waals surface area contributed by atoms with Crippen LogP contribution < -0.4 is 5.01 Å². The number of hydrazone groups is 1. The van der Waals surface area contributed by atoms with Gasteiger partial charge in [-0.05, 0) is 36.4 Å². The van der Waals surface area contributed by atoms with Crippen molar-refractivity contribution in [2.24, 2.45) is 5.10 Å². The number of sulfone groups is 1. The van der Waals surface area contributed by atoms with E-state index >= 15 is 0 Å². The fraction of sp³-hybridized carbons (Fsp3) is 0.217. The van der Waals surface area contributed by atoms with Gasteiger partial charge in [-0.15, -0.1) is 0 Å². The van der Waals surface area contributed by atoms with Gasteiger partial charge in [-0.25, -0.2) is 8.42 Å². The molecule has 1 atom stereocenters. The fourth-order valence-corrected chi connectivity index (χ4v) is 4.48. The molecular weight excluding hydrogens is 513 g/mol. The summed E-state index contributed by atoms with van der Waals surface area (Å²) >= 11 is 6.20. The Morgan fingerprint density at radius 1 is 0.943 bits per heavy atom. The quantitative estimate of drug-likeness (QED) is 0.363. The lowest BCUT2D eigenvalue weighted by atomic mass is 10.0. The monoisotopic (exact) mass is 529 g/mol. The molecule has 1 aliphatic rings. The number of benzene rings is 2. The maximum atomic E-state index is 14.2. The molecule has 0 fully saturated rings. The maximum absolute atomic E-state index is 14.2. The van der Waals surface area contributed by atoms with Gasteiger partial charge in [0.1, 0.15) is 11.8 Å². The predicted molar refractivity (Wildman–Crippen MR) is 123 cm³/mol. The third kappa shape index (κ3) is 4.87. The normalized spacial score (nSPS) is 16.9. The summed E-state index contributed by atoms with van der Waals surface area (Å²) < 4.78 is 91.1. The van der Waals surface area contributed by atoms with Gasteiger partial charge in [-0.2, -0.15) is 27.1 Å². The zero-order chi connectivity index (χ0) is 25.6. The van der Waals surface area contributed by atoms with Crippen molar-refractivity contribution in [3.63, 3.8) is 0 Å². The molecule has 0 aliphatic carbocycles. The first kappa shape index (κ1) is 25.1. The largest absolute Gasteiger partial charge is 0.459 e. The van der Waals surface area contributed by atoms with Crippen molar-refractivity contribution in [1.82, 2.24) is 4.98 Å². The van der Waals surface area contributed by atoms with Crippen molar-refractivity contribution in [1.29, 1.82) is 0 Å². The number of hydrogen-bond donors (Lipinski definition) is 0. The molecule has 35 heavy (non-hydrogen) atoms. The Morgan fingerprint density at radius 2 is 1.60 bits per heavy atom. The van der Waals surface area contributed by atoms with Crippen molar-refractivity contribution in [2.45, 2.75) is 29.5 Å². The Labute approximate surface area is 202 Å². The minimum atomic E-state index is -5.82. The summed E-state index contributed by atoms with van der Waals surface area (Å²) in [6.07, 6.45) is -5.48.